The average molecular weight is 336 g/mol. The Morgan fingerprint density at radius 1 is 0.895 bits per heavy atom. The minimum absolute atomic E-state index is 0.459. The lowest BCUT2D eigenvalue weighted by atomic mass is 10.2. The van der Waals surface area contributed by atoms with Crippen molar-refractivity contribution >= 4 is 27.5 Å². The molecule has 0 saturated carbocycles. The van der Waals surface area contributed by atoms with Crippen LogP contribution in [-0.4, -0.2) is 10.2 Å². The van der Waals surface area contributed by atoms with E-state index in [1.54, 1.807) is 12.1 Å². The van der Waals surface area contributed by atoms with Gasteiger partial charge in [0.2, 0.25) is 11.8 Å². The highest BCUT2D eigenvalue weighted by molar-refractivity contribution is 9.10. The molecule has 3 rings (SSSR count). The Morgan fingerprint density at radius 2 is 1.58 bits per heavy atom. The molecule has 1 heterocycles. The van der Waals surface area contributed by atoms with E-state index in [9.17, 15) is 0 Å². The molecule has 0 aliphatic heterocycles. The zero-order valence-corrected chi connectivity index (χ0v) is 12.0. The predicted octanol–water partition coefficient (Wildman–Crippen LogP) is 4.82. The molecule has 1 aromatic heterocycles. The number of halogens is 2. The van der Waals surface area contributed by atoms with Crippen molar-refractivity contribution in [3.05, 3.63) is 58.0 Å². The Balaban J connectivity index is 1.97. The van der Waals surface area contributed by atoms with Gasteiger partial charge in [-0.1, -0.05) is 33.6 Å². The molecule has 0 saturated heterocycles. The van der Waals surface area contributed by atoms with Crippen LogP contribution in [0.3, 0.4) is 0 Å². The first-order valence-electron chi connectivity index (χ1n) is 5.58. The van der Waals surface area contributed by atoms with Gasteiger partial charge in [0.1, 0.15) is 0 Å². The third-order valence-electron chi connectivity index (χ3n) is 2.59. The second-order valence-electron chi connectivity index (χ2n) is 3.93. The zero-order chi connectivity index (χ0) is 13.2. The lowest BCUT2D eigenvalue weighted by Crippen LogP contribution is -1.77. The van der Waals surface area contributed by atoms with E-state index < -0.39 is 0 Å². The molecule has 0 unspecified atom stereocenters. The molecule has 0 aliphatic rings. The standard InChI is InChI=1S/C14H8BrClN2O/c15-11-6-4-9(5-7-11)13-17-18-14(19-13)10-2-1-3-12(16)8-10/h1-8H. The molecule has 0 radical (unpaired) electrons. The van der Waals surface area contributed by atoms with Crippen LogP contribution >= 0.6 is 27.5 Å². The molecule has 0 bridgehead atoms. The molecule has 3 aromatic rings. The summed E-state index contributed by atoms with van der Waals surface area (Å²) in [6, 6.07) is 15.0. The third kappa shape index (κ3) is 2.69. The van der Waals surface area contributed by atoms with Gasteiger partial charge in [-0.3, -0.25) is 0 Å². The Bertz CT molecular complexity index is 709. The van der Waals surface area contributed by atoms with E-state index in [1.165, 1.54) is 0 Å². The molecule has 0 spiro atoms. The smallest absolute Gasteiger partial charge is 0.248 e. The summed E-state index contributed by atoms with van der Waals surface area (Å²) in [6.45, 7) is 0. The fraction of sp³-hybridized carbons (Fsp3) is 0. The topological polar surface area (TPSA) is 38.9 Å². The molecule has 0 atom stereocenters. The molecule has 19 heavy (non-hydrogen) atoms. The van der Waals surface area contributed by atoms with Crippen LogP contribution in [0.4, 0.5) is 0 Å². The van der Waals surface area contributed by atoms with E-state index in [4.69, 9.17) is 16.0 Å². The summed E-state index contributed by atoms with van der Waals surface area (Å²) in [4.78, 5) is 0. The monoisotopic (exact) mass is 334 g/mol. The SMILES string of the molecule is Clc1cccc(-c2nnc(-c3ccc(Br)cc3)o2)c1. The van der Waals surface area contributed by atoms with Crippen molar-refractivity contribution in [2.24, 2.45) is 0 Å². The van der Waals surface area contributed by atoms with Crippen molar-refractivity contribution in [1.29, 1.82) is 0 Å². The summed E-state index contributed by atoms with van der Waals surface area (Å²) in [5.74, 6) is 0.947. The lowest BCUT2D eigenvalue weighted by Gasteiger charge is -1.96. The maximum Gasteiger partial charge on any atom is 0.248 e. The van der Waals surface area contributed by atoms with Crippen molar-refractivity contribution in [1.82, 2.24) is 10.2 Å². The van der Waals surface area contributed by atoms with Crippen molar-refractivity contribution in [2.45, 2.75) is 0 Å². The number of rotatable bonds is 2. The van der Waals surface area contributed by atoms with Gasteiger partial charge in [0.15, 0.2) is 0 Å². The number of hydrogen-bond donors (Lipinski definition) is 0. The molecule has 0 aliphatic carbocycles. The minimum Gasteiger partial charge on any atom is -0.416 e. The Hall–Kier alpha value is -1.65. The van der Waals surface area contributed by atoms with Crippen LogP contribution in [0.1, 0.15) is 0 Å². The van der Waals surface area contributed by atoms with Gasteiger partial charge in [-0.15, -0.1) is 10.2 Å². The summed E-state index contributed by atoms with van der Waals surface area (Å²) >= 11 is 9.33. The maximum absolute atomic E-state index is 5.94. The van der Waals surface area contributed by atoms with Crippen molar-refractivity contribution in [3.63, 3.8) is 0 Å². The van der Waals surface area contributed by atoms with Gasteiger partial charge < -0.3 is 4.42 Å². The van der Waals surface area contributed by atoms with Gasteiger partial charge in [0.25, 0.3) is 0 Å². The number of hydrogen-bond acceptors (Lipinski definition) is 3. The van der Waals surface area contributed by atoms with Gasteiger partial charge in [-0.25, -0.2) is 0 Å². The molecule has 0 N–H and O–H groups in total. The van der Waals surface area contributed by atoms with Crippen LogP contribution in [0, 0.1) is 0 Å². The van der Waals surface area contributed by atoms with E-state index in [0.717, 1.165) is 15.6 Å². The van der Waals surface area contributed by atoms with Crippen molar-refractivity contribution in [3.8, 4) is 22.9 Å². The minimum atomic E-state index is 0.459. The quantitative estimate of drug-likeness (QED) is 0.674. The van der Waals surface area contributed by atoms with Crippen LogP contribution in [-0.2, 0) is 0 Å². The van der Waals surface area contributed by atoms with Crippen LogP contribution < -0.4 is 0 Å². The van der Waals surface area contributed by atoms with Gasteiger partial charge in [0, 0.05) is 20.6 Å². The van der Waals surface area contributed by atoms with Crippen molar-refractivity contribution in [2.75, 3.05) is 0 Å². The van der Waals surface area contributed by atoms with E-state index in [0.29, 0.717) is 16.8 Å². The Morgan fingerprint density at radius 3 is 2.26 bits per heavy atom. The van der Waals surface area contributed by atoms with Crippen molar-refractivity contribution < 1.29 is 4.42 Å². The van der Waals surface area contributed by atoms with Crippen LogP contribution in [0.25, 0.3) is 22.9 Å². The van der Waals surface area contributed by atoms with Gasteiger partial charge in [0.05, 0.1) is 0 Å². The van der Waals surface area contributed by atoms with Crippen LogP contribution in [0.5, 0.6) is 0 Å². The second kappa shape index (κ2) is 5.15. The molecular weight excluding hydrogens is 328 g/mol. The fourth-order valence-corrected chi connectivity index (χ4v) is 2.13. The number of nitrogens with zero attached hydrogens (tertiary/aromatic N) is 2. The van der Waals surface area contributed by atoms with Crippen LogP contribution in [0.2, 0.25) is 5.02 Å². The summed E-state index contributed by atoms with van der Waals surface area (Å²) in [7, 11) is 0. The molecule has 94 valence electrons. The summed E-state index contributed by atoms with van der Waals surface area (Å²) < 4.78 is 6.66. The van der Waals surface area contributed by atoms with E-state index in [-0.39, 0.29) is 0 Å². The van der Waals surface area contributed by atoms with Gasteiger partial charge >= 0.3 is 0 Å². The normalized spacial score (nSPS) is 10.6. The van der Waals surface area contributed by atoms with Gasteiger partial charge in [-0.05, 0) is 42.5 Å². The van der Waals surface area contributed by atoms with Gasteiger partial charge in [-0.2, -0.15) is 0 Å². The molecule has 0 fully saturated rings. The zero-order valence-electron chi connectivity index (χ0n) is 9.68. The predicted molar refractivity (Wildman–Crippen MR) is 77.9 cm³/mol. The third-order valence-corrected chi connectivity index (χ3v) is 3.35. The first-order chi connectivity index (χ1) is 9.22. The largest absolute Gasteiger partial charge is 0.416 e. The number of aromatic nitrogens is 2. The highest BCUT2D eigenvalue weighted by Gasteiger charge is 2.10. The fourth-order valence-electron chi connectivity index (χ4n) is 1.67. The second-order valence-corrected chi connectivity index (χ2v) is 5.28. The first kappa shape index (κ1) is 12.4. The maximum atomic E-state index is 5.94. The highest BCUT2D eigenvalue weighted by Crippen LogP contribution is 2.26. The Kier molecular flexibility index (Phi) is 3.36. The molecule has 3 nitrogen and oxygen atoms in total. The summed E-state index contributed by atoms with van der Waals surface area (Å²) in [5, 5.41) is 8.73. The van der Waals surface area contributed by atoms with Crippen LogP contribution in [0.15, 0.2) is 57.4 Å². The molecule has 5 heteroatoms. The summed E-state index contributed by atoms with van der Waals surface area (Å²) in [6.07, 6.45) is 0. The van der Waals surface area contributed by atoms with E-state index in [1.807, 2.05) is 36.4 Å². The highest BCUT2D eigenvalue weighted by atomic mass is 79.9. The average Bonchev–Trinajstić information content (AvgIpc) is 2.89. The Labute approximate surface area is 123 Å². The molecular formula is C14H8BrClN2O. The molecule has 2 aromatic carbocycles. The van der Waals surface area contributed by atoms with E-state index >= 15 is 0 Å². The molecule has 0 amide bonds. The van der Waals surface area contributed by atoms with E-state index in [2.05, 4.69) is 26.1 Å². The number of benzene rings is 2. The summed E-state index contributed by atoms with van der Waals surface area (Å²) in [5.41, 5.74) is 1.69. The lowest BCUT2D eigenvalue weighted by molar-refractivity contribution is 0.584. The first-order valence-corrected chi connectivity index (χ1v) is 6.75.